The maximum Gasteiger partial charge on any atom is 0.509 e. The fourth-order valence-corrected chi connectivity index (χ4v) is 12.0. The molecule has 9 fully saturated rings. The Kier molecular flexibility index (Phi) is 13.9. The number of allylic oxidation sites excluding steroid dienone is 12. The average Bonchev–Trinajstić information content (AvgIpc) is 4.16. The van der Waals surface area contributed by atoms with Gasteiger partial charge in [0, 0.05) is 30.1 Å². The van der Waals surface area contributed by atoms with Crippen LogP contribution in [0.2, 0.25) is 0 Å². The second kappa shape index (κ2) is 20.3. The van der Waals surface area contributed by atoms with Gasteiger partial charge in [-0.1, -0.05) is 55.2 Å². The molecule has 5 heterocycles. The van der Waals surface area contributed by atoms with Gasteiger partial charge in [0.15, 0.2) is 6.10 Å². The lowest BCUT2D eigenvalue weighted by Crippen LogP contribution is -2.26. The molecular formula is C50H59O15+. The molecule has 14 aliphatic rings. The highest BCUT2D eigenvalue weighted by atomic mass is 16.8. The maximum atomic E-state index is 10.8. The van der Waals surface area contributed by atoms with Crippen molar-refractivity contribution in [1.29, 1.82) is 0 Å². The van der Waals surface area contributed by atoms with Gasteiger partial charge in [0.2, 0.25) is 0 Å². The lowest BCUT2D eigenvalue weighted by atomic mass is 9.89. The average molecular weight is 900 g/mol. The van der Waals surface area contributed by atoms with Crippen LogP contribution in [0.4, 0.5) is 24.0 Å². The zero-order valence-electron chi connectivity index (χ0n) is 36.4. The quantitative estimate of drug-likeness (QED) is 0.110. The van der Waals surface area contributed by atoms with Crippen molar-refractivity contribution in [1.82, 2.24) is 0 Å². The Morgan fingerprint density at radius 2 is 0.692 bits per heavy atom. The van der Waals surface area contributed by atoms with Gasteiger partial charge in [-0.15, -0.1) is 0 Å². The Bertz CT molecular complexity index is 1730. The molecule has 15 heteroatoms. The van der Waals surface area contributed by atoms with Crippen molar-refractivity contribution in [3.63, 3.8) is 0 Å². The van der Waals surface area contributed by atoms with Crippen LogP contribution in [0.25, 0.3) is 0 Å². The summed E-state index contributed by atoms with van der Waals surface area (Å²) in [4.78, 5) is 53.1. The minimum Gasteiger partial charge on any atom is -0.430 e. The van der Waals surface area contributed by atoms with E-state index >= 15 is 0 Å². The third kappa shape index (κ3) is 10.9. The molecule has 0 aromatic rings. The van der Waals surface area contributed by atoms with E-state index in [1.165, 1.54) is 57.4 Å². The summed E-state index contributed by atoms with van der Waals surface area (Å²) in [5.41, 5.74) is 0. The standard InChI is InChI=1S/4C10H12O3.C5H6O3.C5H5/c4*11-10-12-5-9(13-10)8-4-6-1-2-7(8)3-6;1-2-4-3-7-5(6)8-4;1-2-4-5-3-1/h4*1-2,6-9H,3-5H2;2,4H,1,3H2;1-5H/q;;;;;+1/t4*6?,7?,8?,9-;;/m1100../s1. The molecule has 348 valence electrons. The van der Waals surface area contributed by atoms with Gasteiger partial charge < -0.3 is 47.4 Å². The lowest BCUT2D eigenvalue weighted by molar-refractivity contribution is 0.0900. The molecule has 65 heavy (non-hydrogen) atoms. The van der Waals surface area contributed by atoms with Crippen molar-refractivity contribution in [2.24, 2.45) is 71.0 Å². The highest BCUT2D eigenvalue weighted by Crippen LogP contribution is 2.49. The van der Waals surface area contributed by atoms with E-state index in [0.29, 0.717) is 80.4 Å². The Hall–Kier alpha value is -5.60. The molecule has 14 rings (SSSR count). The molecule has 15 nitrogen and oxygen atoms in total. The van der Waals surface area contributed by atoms with Gasteiger partial charge in [-0.05, 0) is 105 Å². The van der Waals surface area contributed by atoms with Crippen LogP contribution in [-0.4, -0.2) is 94.3 Å². The first-order valence-corrected chi connectivity index (χ1v) is 23.3. The fraction of sp³-hybridized carbons (Fsp3) is 0.600. The van der Waals surface area contributed by atoms with Gasteiger partial charge in [0.25, 0.3) is 0 Å². The molecule has 0 spiro atoms. The zero-order valence-corrected chi connectivity index (χ0v) is 36.4. The van der Waals surface area contributed by atoms with Crippen LogP contribution in [0.15, 0.2) is 85.6 Å². The minimum absolute atomic E-state index is 0.0208. The first kappa shape index (κ1) is 44.6. The predicted octanol–water partition coefficient (Wildman–Crippen LogP) is 8.96. The molecule has 5 aliphatic heterocycles. The van der Waals surface area contributed by atoms with Gasteiger partial charge in [-0.25, -0.2) is 24.0 Å². The summed E-state index contributed by atoms with van der Waals surface area (Å²) in [5.74, 6) is 7.50. The molecule has 13 unspecified atom stereocenters. The van der Waals surface area contributed by atoms with E-state index in [1.807, 2.05) is 30.7 Å². The number of hydrogen-bond donors (Lipinski definition) is 0. The van der Waals surface area contributed by atoms with Crippen LogP contribution in [0.5, 0.6) is 0 Å². The molecule has 17 atom stereocenters. The Balaban J connectivity index is 0.000000101. The maximum absolute atomic E-state index is 10.8. The van der Waals surface area contributed by atoms with Crippen molar-refractivity contribution >= 4 is 30.8 Å². The molecule has 0 amide bonds. The van der Waals surface area contributed by atoms with Gasteiger partial charge in [-0.3, -0.25) is 0 Å². The highest BCUT2D eigenvalue weighted by molar-refractivity contribution is 5.63. The van der Waals surface area contributed by atoms with Crippen LogP contribution >= 0.6 is 0 Å². The fourth-order valence-electron chi connectivity index (χ4n) is 12.0. The van der Waals surface area contributed by atoms with Gasteiger partial charge in [0.1, 0.15) is 57.5 Å². The van der Waals surface area contributed by atoms with E-state index < -0.39 is 30.8 Å². The van der Waals surface area contributed by atoms with E-state index in [0.717, 1.165) is 23.7 Å². The number of carbonyl (C=O) groups is 5. The van der Waals surface area contributed by atoms with E-state index in [2.05, 4.69) is 64.7 Å². The summed E-state index contributed by atoms with van der Waals surface area (Å²) in [6, 6.07) is 0. The number of cyclic esters (lactones) is 10. The molecule has 8 bridgehead atoms. The summed E-state index contributed by atoms with van der Waals surface area (Å²) >= 11 is 0. The number of rotatable bonds is 5. The summed E-state index contributed by atoms with van der Waals surface area (Å²) < 4.78 is 48.6. The van der Waals surface area contributed by atoms with E-state index in [1.54, 1.807) is 0 Å². The number of hydrogen-bond acceptors (Lipinski definition) is 15. The lowest BCUT2D eigenvalue weighted by Gasteiger charge is -2.21. The Morgan fingerprint density at radius 3 is 0.846 bits per heavy atom. The highest BCUT2D eigenvalue weighted by Gasteiger charge is 2.47. The molecule has 4 saturated carbocycles. The molecule has 0 aromatic heterocycles. The summed E-state index contributed by atoms with van der Waals surface area (Å²) in [6.45, 7) is 5.56. The van der Waals surface area contributed by atoms with Crippen molar-refractivity contribution in [3.8, 4) is 0 Å². The van der Waals surface area contributed by atoms with Gasteiger partial charge >= 0.3 is 30.8 Å². The van der Waals surface area contributed by atoms with Crippen LogP contribution in [0, 0.1) is 77.4 Å². The van der Waals surface area contributed by atoms with E-state index in [-0.39, 0.29) is 30.5 Å². The summed E-state index contributed by atoms with van der Waals surface area (Å²) in [5, 5.41) is 0. The van der Waals surface area contributed by atoms with Crippen molar-refractivity contribution < 1.29 is 71.3 Å². The second-order valence-electron chi connectivity index (χ2n) is 19.1. The largest absolute Gasteiger partial charge is 0.509 e. The monoisotopic (exact) mass is 899 g/mol. The third-order valence-electron chi connectivity index (χ3n) is 15.1. The topological polar surface area (TPSA) is 178 Å². The molecule has 9 aliphatic carbocycles. The third-order valence-corrected chi connectivity index (χ3v) is 15.1. The number of fused-ring (bicyclic) bond motifs is 8. The van der Waals surface area contributed by atoms with Crippen LogP contribution < -0.4 is 0 Å². The van der Waals surface area contributed by atoms with Crippen LogP contribution in [0.3, 0.4) is 0 Å². The molecule has 0 aromatic carbocycles. The van der Waals surface area contributed by atoms with Gasteiger partial charge in [0.05, 0.1) is 24.3 Å². The first-order chi connectivity index (χ1) is 31.6. The smallest absolute Gasteiger partial charge is 0.430 e. The SMILES string of the molecule is C1=C[CH+]C=C1.C=CC1COC(=O)O1.O=C1OC[C@@H](C2CC3C=CC2C3)O1.O=C1OC[C@@H](C2CC3C=CC2C3)O1.O=C1OC[C@H](C2CC3C=CC2C3)O1.O=C1OC[C@H](C2CC3C=CC2C3)O1. The molecule has 0 radical (unpaired) electrons. The predicted molar refractivity (Wildman–Crippen MR) is 229 cm³/mol. The normalized spacial score (nSPS) is 41.8. The van der Waals surface area contributed by atoms with E-state index in [9.17, 15) is 24.0 Å². The van der Waals surface area contributed by atoms with Crippen LogP contribution in [0.1, 0.15) is 51.4 Å². The van der Waals surface area contributed by atoms with Crippen LogP contribution in [-0.2, 0) is 47.4 Å². The first-order valence-electron chi connectivity index (χ1n) is 23.3. The van der Waals surface area contributed by atoms with Crippen molar-refractivity contribution in [2.75, 3.05) is 33.0 Å². The Morgan fingerprint density at radius 1 is 0.400 bits per heavy atom. The summed E-state index contributed by atoms with van der Waals surface area (Å²) in [6.07, 6.45) is 36.7. The molecular weight excluding hydrogens is 841 g/mol. The van der Waals surface area contributed by atoms with Crippen molar-refractivity contribution in [3.05, 3.63) is 92.0 Å². The minimum atomic E-state index is -0.602. The molecule has 5 saturated heterocycles. The van der Waals surface area contributed by atoms with Crippen molar-refractivity contribution in [2.45, 2.75) is 81.9 Å². The summed E-state index contributed by atoms with van der Waals surface area (Å²) in [7, 11) is 0. The van der Waals surface area contributed by atoms with E-state index in [4.69, 9.17) is 37.9 Å². The second-order valence-corrected chi connectivity index (χ2v) is 19.1. The number of carbonyl (C=O) groups excluding carboxylic acids is 5. The number of ether oxygens (including phenoxy) is 10. The van der Waals surface area contributed by atoms with Gasteiger partial charge in [-0.2, -0.15) is 0 Å². The molecule has 0 N–H and O–H groups in total. The Labute approximate surface area is 379 Å². The zero-order chi connectivity index (χ0) is 44.9.